The minimum Gasteiger partial charge on any atom is -0.465 e. The van der Waals surface area contributed by atoms with Crippen molar-refractivity contribution in [2.75, 3.05) is 26.9 Å². The van der Waals surface area contributed by atoms with Gasteiger partial charge in [0.1, 0.15) is 0 Å². The van der Waals surface area contributed by atoms with Crippen LogP contribution in [0.4, 0.5) is 0 Å². The third-order valence-electron chi connectivity index (χ3n) is 10.1. The average molecular weight is 465 g/mol. The molecule has 0 saturated heterocycles. The van der Waals surface area contributed by atoms with Crippen LogP contribution in [-0.2, 0) is 23.8 Å². The second-order valence-electron chi connectivity index (χ2n) is 11.5. The van der Waals surface area contributed by atoms with Gasteiger partial charge >= 0.3 is 11.9 Å². The first-order valence-corrected chi connectivity index (χ1v) is 13.3. The molecule has 0 radical (unpaired) electrons. The first-order chi connectivity index (χ1) is 15.8. The van der Waals surface area contributed by atoms with Crippen molar-refractivity contribution in [2.45, 2.75) is 84.2 Å². The molecule has 6 nitrogen and oxygen atoms in total. The lowest BCUT2D eigenvalue weighted by atomic mass is 9.48. The minimum atomic E-state index is -0.800. The molecule has 0 bridgehead atoms. The molecule has 0 unspecified atom stereocenters. The molecule has 33 heavy (non-hydrogen) atoms. The van der Waals surface area contributed by atoms with E-state index < -0.39 is 23.5 Å². The van der Waals surface area contributed by atoms with Crippen LogP contribution >= 0.6 is 0 Å². The molecule has 0 spiro atoms. The summed E-state index contributed by atoms with van der Waals surface area (Å²) in [5.41, 5.74) is -0.680. The van der Waals surface area contributed by atoms with Crippen molar-refractivity contribution in [2.24, 2.45) is 46.8 Å². The van der Waals surface area contributed by atoms with Crippen molar-refractivity contribution >= 4 is 11.9 Å². The van der Waals surface area contributed by atoms with E-state index in [1.165, 1.54) is 12.8 Å². The fraction of sp³-hybridized carbons (Fsp3) is 0.926. The molecule has 4 aliphatic carbocycles. The smallest absolute Gasteiger partial charge is 0.320 e. The molecule has 0 aliphatic heterocycles. The molecular formula is C27H44O6. The Morgan fingerprint density at radius 1 is 0.909 bits per heavy atom. The zero-order valence-electron chi connectivity index (χ0n) is 21.0. The van der Waals surface area contributed by atoms with Crippen molar-refractivity contribution in [3.63, 3.8) is 0 Å². The molecule has 0 amide bonds. The predicted molar refractivity (Wildman–Crippen MR) is 124 cm³/mol. The fourth-order valence-corrected chi connectivity index (χ4v) is 8.84. The lowest BCUT2D eigenvalue weighted by molar-refractivity contribution is -0.169. The Hall–Kier alpha value is -1.14. The van der Waals surface area contributed by atoms with E-state index in [-0.39, 0.29) is 24.5 Å². The standard InChI is InChI=1S/C27H44O6/c1-5-32-24(28)23(25(29)33-6-2)22-10-9-21-20-8-7-17-15-27(30,16-31-4)14-12-18(17)19(20)11-13-26(21,22)3/h17-23,30H,5-16H2,1-4H3/t17-,18+,19-,20-,21+,22-,26+,27-/m1/s1. The summed E-state index contributed by atoms with van der Waals surface area (Å²) in [5, 5.41) is 11.0. The summed E-state index contributed by atoms with van der Waals surface area (Å²) in [7, 11) is 1.68. The molecule has 4 rings (SSSR count). The fourth-order valence-electron chi connectivity index (χ4n) is 8.84. The largest absolute Gasteiger partial charge is 0.465 e. The minimum absolute atomic E-state index is 0.00239. The van der Waals surface area contributed by atoms with Crippen LogP contribution in [0.15, 0.2) is 0 Å². The maximum absolute atomic E-state index is 12.9. The molecule has 0 aromatic carbocycles. The second kappa shape index (κ2) is 9.85. The molecule has 0 aromatic rings. The molecule has 0 aromatic heterocycles. The van der Waals surface area contributed by atoms with Crippen LogP contribution in [0.25, 0.3) is 0 Å². The van der Waals surface area contributed by atoms with Crippen LogP contribution in [0, 0.1) is 46.8 Å². The number of rotatable bonds is 7. The van der Waals surface area contributed by atoms with Gasteiger partial charge in [0.15, 0.2) is 5.92 Å². The highest BCUT2D eigenvalue weighted by atomic mass is 16.6. The molecule has 8 atom stereocenters. The van der Waals surface area contributed by atoms with Crippen molar-refractivity contribution in [3.8, 4) is 0 Å². The Labute approximate surface area is 199 Å². The lowest BCUT2D eigenvalue weighted by Gasteiger charge is -2.57. The Balaban J connectivity index is 1.52. The molecule has 4 fully saturated rings. The van der Waals surface area contributed by atoms with E-state index in [1.54, 1.807) is 21.0 Å². The Bertz CT molecular complexity index is 705. The highest BCUT2D eigenvalue weighted by molar-refractivity contribution is 5.95. The van der Waals surface area contributed by atoms with Gasteiger partial charge in [-0.05, 0) is 113 Å². The second-order valence-corrected chi connectivity index (χ2v) is 11.5. The number of hydrogen-bond acceptors (Lipinski definition) is 6. The van der Waals surface area contributed by atoms with Gasteiger partial charge in [-0.1, -0.05) is 6.92 Å². The Morgan fingerprint density at radius 2 is 1.58 bits per heavy atom. The molecular weight excluding hydrogens is 420 g/mol. The zero-order chi connectivity index (χ0) is 23.8. The quantitative estimate of drug-likeness (QED) is 0.445. The van der Waals surface area contributed by atoms with E-state index in [4.69, 9.17) is 14.2 Å². The van der Waals surface area contributed by atoms with E-state index in [1.807, 2.05) is 0 Å². The number of hydrogen-bond donors (Lipinski definition) is 1. The van der Waals surface area contributed by atoms with Gasteiger partial charge in [-0.2, -0.15) is 0 Å². The highest BCUT2D eigenvalue weighted by Crippen LogP contribution is 2.65. The van der Waals surface area contributed by atoms with Gasteiger partial charge in [-0.3, -0.25) is 9.59 Å². The van der Waals surface area contributed by atoms with Gasteiger partial charge in [0.2, 0.25) is 0 Å². The van der Waals surface area contributed by atoms with Crippen molar-refractivity contribution < 1.29 is 28.9 Å². The number of esters is 2. The maximum Gasteiger partial charge on any atom is 0.320 e. The first-order valence-electron chi connectivity index (χ1n) is 13.3. The molecule has 4 saturated carbocycles. The molecule has 188 valence electrons. The third-order valence-corrected chi connectivity index (χ3v) is 10.1. The van der Waals surface area contributed by atoms with Crippen LogP contribution in [0.1, 0.15) is 78.6 Å². The SMILES string of the molecule is CCOC(=O)C(C(=O)OCC)[C@H]1CC[C@H]2[C@@H]3CC[C@@H]4C[C@@](O)(COC)CC[C@@H]4[C@H]3CC[C@]12C. The first kappa shape index (κ1) is 25.0. The molecule has 0 heterocycles. The molecule has 4 aliphatic rings. The van der Waals surface area contributed by atoms with Crippen molar-refractivity contribution in [3.05, 3.63) is 0 Å². The number of ether oxygens (including phenoxy) is 3. The van der Waals surface area contributed by atoms with Crippen LogP contribution in [0.2, 0.25) is 0 Å². The molecule has 6 heteroatoms. The lowest BCUT2D eigenvalue weighted by Crippen LogP contribution is -2.53. The number of methoxy groups -OCH3 is 1. The number of fused-ring (bicyclic) bond motifs is 5. The monoisotopic (exact) mass is 464 g/mol. The van der Waals surface area contributed by atoms with Crippen LogP contribution in [0.5, 0.6) is 0 Å². The summed E-state index contributed by atoms with van der Waals surface area (Å²) in [6.45, 7) is 6.92. The van der Waals surface area contributed by atoms with Gasteiger partial charge in [-0.15, -0.1) is 0 Å². The van der Waals surface area contributed by atoms with Crippen LogP contribution in [-0.4, -0.2) is 49.6 Å². The van der Waals surface area contributed by atoms with Gasteiger partial charge in [0.25, 0.3) is 0 Å². The number of carbonyl (C=O) groups is 2. The van der Waals surface area contributed by atoms with Gasteiger partial charge < -0.3 is 19.3 Å². The summed E-state index contributed by atoms with van der Waals surface area (Å²) < 4.78 is 16.0. The van der Waals surface area contributed by atoms with Crippen LogP contribution < -0.4 is 0 Å². The number of carbonyl (C=O) groups excluding carboxylic acids is 2. The van der Waals surface area contributed by atoms with E-state index in [0.29, 0.717) is 36.2 Å². The summed E-state index contributed by atoms with van der Waals surface area (Å²) >= 11 is 0. The topological polar surface area (TPSA) is 82.1 Å². The van der Waals surface area contributed by atoms with E-state index >= 15 is 0 Å². The van der Waals surface area contributed by atoms with E-state index in [0.717, 1.165) is 44.9 Å². The van der Waals surface area contributed by atoms with Crippen LogP contribution in [0.3, 0.4) is 0 Å². The van der Waals surface area contributed by atoms with Gasteiger partial charge in [-0.25, -0.2) is 0 Å². The zero-order valence-corrected chi connectivity index (χ0v) is 21.0. The summed E-state index contributed by atoms with van der Waals surface area (Å²) in [6, 6.07) is 0. The predicted octanol–water partition coefficient (Wildman–Crippen LogP) is 4.38. The van der Waals surface area contributed by atoms with E-state index in [2.05, 4.69) is 6.92 Å². The van der Waals surface area contributed by atoms with Gasteiger partial charge in [0, 0.05) is 7.11 Å². The summed E-state index contributed by atoms with van der Waals surface area (Å²) in [6.07, 6.45) is 9.38. The van der Waals surface area contributed by atoms with E-state index in [9.17, 15) is 14.7 Å². The average Bonchev–Trinajstić information content (AvgIpc) is 3.11. The highest BCUT2D eigenvalue weighted by Gasteiger charge is 2.61. The van der Waals surface area contributed by atoms with Crippen molar-refractivity contribution in [1.29, 1.82) is 0 Å². The summed E-state index contributed by atoms with van der Waals surface area (Å²) in [5.74, 6) is 1.59. The van der Waals surface area contributed by atoms with Gasteiger partial charge in [0.05, 0.1) is 25.4 Å². The normalized spacial score (nSPS) is 42.2. The number of aliphatic hydroxyl groups is 1. The molecule has 1 N–H and O–H groups in total. The summed E-state index contributed by atoms with van der Waals surface area (Å²) in [4.78, 5) is 25.8. The maximum atomic E-state index is 12.9. The Kier molecular flexibility index (Phi) is 7.45. The third kappa shape index (κ3) is 4.47. The van der Waals surface area contributed by atoms with Crippen molar-refractivity contribution in [1.82, 2.24) is 0 Å². The Morgan fingerprint density at radius 3 is 2.21 bits per heavy atom.